The number of carboxylic acids is 1. The Hall–Kier alpha value is -0.240. The van der Waals surface area contributed by atoms with Crippen molar-refractivity contribution in [3.63, 3.8) is 0 Å². The van der Waals surface area contributed by atoms with Gasteiger partial charge in [-0.25, -0.2) is 0 Å². The fourth-order valence-electron chi connectivity index (χ4n) is 1.83. The molecule has 0 amide bonds. The van der Waals surface area contributed by atoms with Gasteiger partial charge in [-0.1, -0.05) is 19.3 Å². The molecule has 0 bridgehead atoms. The second-order valence-corrected chi connectivity index (χ2v) is 4.07. The van der Waals surface area contributed by atoms with Gasteiger partial charge in [-0.15, -0.1) is 11.6 Å². The molecule has 1 aliphatic carbocycles. The quantitative estimate of drug-likeness (QED) is 0.695. The van der Waals surface area contributed by atoms with E-state index in [1.165, 1.54) is 19.3 Å². The zero-order chi connectivity index (χ0) is 8.97. The van der Waals surface area contributed by atoms with Crippen molar-refractivity contribution in [2.24, 2.45) is 5.92 Å². The second kappa shape index (κ2) is 4.70. The van der Waals surface area contributed by atoms with E-state index in [2.05, 4.69) is 0 Å². The smallest absolute Gasteiger partial charge is 0.304 e. The Morgan fingerprint density at radius 3 is 2.50 bits per heavy atom. The molecule has 3 heteroatoms. The third-order valence-corrected chi connectivity index (χ3v) is 3.04. The van der Waals surface area contributed by atoms with E-state index < -0.39 is 5.97 Å². The molecule has 0 heterocycles. The lowest BCUT2D eigenvalue weighted by molar-refractivity contribution is -0.137. The summed E-state index contributed by atoms with van der Waals surface area (Å²) in [6, 6.07) is 0. The monoisotopic (exact) mass is 190 g/mol. The van der Waals surface area contributed by atoms with Crippen molar-refractivity contribution >= 4 is 17.6 Å². The molecule has 1 N–H and O–H groups in total. The van der Waals surface area contributed by atoms with Crippen molar-refractivity contribution in [1.29, 1.82) is 0 Å². The van der Waals surface area contributed by atoms with Crippen molar-refractivity contribution in [3.8, 4) is 0 Å². The Morgan fingerprint density at radius 1 is 1.42 bits per heavy atom. The molecule has 1 fully saturated rings. The highest BCUT2D eigenvalue weighted by Gasteiger charge is 2.23. The number of alkyl halides is 1. The van der Waals surface area contributed by atoms with Crippen LogP contribution in [0.5, 0.6) is 0 Å². The molecule has 0 aromatic rings. The molecule has 0 aliphatic heterocycles. The largest absolute Gasteiger partial charge is 0.481 e. The number of rotatable bonds is 3. The Kier molecular flexibility index (Phi) is 3.86. The van der Waals surface area contributed by atoms with E-state index in [-0.39, 0.29) is 11.8 Å². The summed E-state index contributed by atoms with van der Waals surface area (Å²) in [5.74, 6) is -0.336. The molecule has 0 spiro atoms. The van der Waals surface area contributed by atoms with Crippen LogP contribution in [0.15, 0.2) is 0 Å². The molecule has 0 aromatic heterocycles. The van der Waals surface area contributed by atoms with E-state index >= 15 is 0 Å². The predicted molar refractivity (Wildman–Crippen MR) is 48.5 cm³/mol. The lowest BCUT2D eigenvalue weighted by Crippen LogP contribution is -2.20. The summed E-state index contributed by atoms with van der Waals surface area (Å²) in [7, 11) is 0. The van der Waals surface area contributed by atoms with Crippen LogP contribution in [0.1, 0.15) is 38.5 Å². The van der Waals surface area contributed by atoms with E-state index in [0.29, 0.717) is 5.92 Å². The summed E-state index contributed by atoms with van der Waals surface area (Å²) in [6.07, 6.45) is 6.06. The third kappa shape index (κ3) is 3.02. The minimum atomic E-state index is -0.777. The first-order valence-electron chi connectivity index (χ1n) is 4.56. The maximum absolute atomic E-state index is 10.4. The lowest BCUT2D eigenvalue weighted by Gasteiger charge is -2.24. The number of carbonyl (C=O) groups is 1. The van der Waals surface area contributed by atoms with Gasteiger partial charge in [-0.3, -0.25) is 4.79 Å². The van der Waals surface area contributed by atoms with Crippen LogP contribution < -0.4 is 0 Å². The van der Waals surface area contributed by atoms with Crippen molar-refractivity contribution in [2.45, 2.75) is 43.9 Å². The summed E-state index contributed by atoms with van der Waals surface area (Å²) in [4.78, 5) is 10.4. The maximum atomic E-state index is 10.4. The molecule has 0 saturated heterocycles. The van der Waals surface area contributed by atoms with Gasteiger partial charge >= 0.3 is 5.97 Å². The lowest BCUT2D eigenvalue weighted by atomic mass is 9.86. The van der Waals surface area contributed by atoms with Gasteiger partial charge in [0, 0.05) is 5.38 Å². The fourth-order valence-corrected chi connectivity index (χ4v) is 2.21. The third-order valence-electron chi connectivity index (χ3n) is 2.53. The second-order valence-electron chi connectivity index (χ2n) is 3.51. The van der Waals surface area contributed by atoms with Gasteiger partial charge in [0.15, 0.2) is 0 Å². The Balaban J connectivity index is 2.29. The Bertz CT molecular complexity index is 153. The van der Waals surface area contributed by atoms with Crippen molar-refractivity contribution < 1.29 is 9.90 Å². The van der Waals surface area contributed by atoms with Crippen molar-refractivity contribution in [3.05, 3.63) is 0 Å². The van der Waals surface area contributed by atoms with E-state index in [1.54, 1.807) is 0 Å². The number of hydrogen-bond donors (Lipinski definition) is 1. The van der Waals surface area contributed by atoms with Gasteiger partial charge in [-0.2, -0.15) is 0 Å². The van der Waals surface area contributed by atoms with Crippen LogP contribution >= 0.6 is 11.6 Å². The van der Waals surface area contributed by atoms with Gasteiger partial charge in [0.1, 0.15) is 0 Å². The number of carboxylic acid groups (broad SMARTS) is 1. The minimum Gasteiger partial charge on any atom is -0.481 e. The molecule has 1 saturated carbocycles. The van der Waals surface area contributed by atoms with Gasteiger partial charge in [0.2, 0.25) is 0 Å². The average molecular weight is 191 g/mol. The molecule has 2 nitrogen and oxygen atoms in total. The van der Waals surface area contributed by atoms with Gasteiger partial charge in [0.05, 0.1) is 6.42 Å². The summed E-state index contributed by atoms with van der Waals surface area (Å²) in [5.41, 5.74) is 0. The van der Waals surface area contributed by atoms with Crippen molar-refractivity contribution in [1.82, 2.24) is 0 Å². The molecule has 1 rings (SSSR count). The maximum Gasteiger partial charge on any atom is 0.304 e. The first-order valence-corrected chi connectivity index (χ1v) is 4.99. The summed E-state index contributed by atoms with van der Waals surface area (Å²) in [5, 5.41) is 8.38. The average Bonchev–Trinajstić information content (AvgIpc) is 2.05. The summed E-state index contributed by atoms with van der Waals surface area (Å²) < 4.78 is 0. The van der Waals surface area contributed by atoms with Crippen LogP contribution in [0.2, 0.25) is 0 Å². The van der Waals surface area contributed by atoms with Crippen LogP contribution in [-0.4, -0.2) is 16.5 Å². The SMILES string of the molecule is O=C(O)CC(Cl)C1CCCCC1. The van der Waals surface area contributed by atoms with E-state index in [9.17, 15) is 4.79 Å². The molecular formula is C9H15ClO2. The number of halogens is 1. The highest BCUT2D eigenvalue weighted by Crippen LogP contribution is 2.30. The zero-order valence-electron chi connectivity index (χ0n) is 7.13. The first-order chi connectivity index (χ1) is 5.70. The van der Waals surface area contributed by atoms with E-state index in [1.807, 2.05) is 0 Å². The minimum absolute atomic E-state index is 0.117. The molecule has 12 heavy (non-hydrogen) atoms. The fraction of sp³-hybridized carbons (Fsp3) is 0.889. The Morgan fingerprint density at radius 2 is 2.00 bits per heavy atom. The summed E-state index contributed by atoms with van der Waals surface area (Å²) in [6.45, 7) is 0. The highest BCUT2D eigenvalue weighted by molar-refractivity contribution is 6.21. The van der Waals surface area contributed by atoms with E-state index in [0.717, 1.165) is 12.8 Å². The van der Waals surface area contributed by atoms with Crippen LogP contribution in [0.25, 0.3) is 0 Å². The van der Waals surface area contributed by atoms with Crippen LogP contribution in [-0.2, 0) is 4.79 Å². The highest BCUT2D eigenvalue weighted by atomic mass is 35.5. The van der Waals surface area contributed by atoms with Crippen LogP contribution in [0.4, 0.5) is 0 Å². The molecule has 1 atom stereocenters. The molecule has 70 valence electrons. The van der Waals surface area contributed by atoms with Crippen LogP contribution in [0, 0.1) is 5.92 Å². The van der Waals surface area contributed by atoms with Gasteiger partial charge in [0.25, 0.3) is 0 Å². The molecule has 0 aromatic carbocycles. The van der Waals surface area contributed by atoms with Crippen LogP contribution in [0.3, 0.4) is 0 Å². The molecule has 1 unspecified atom stereocenters. The molecule has 0 radical (unpaired) electrons. The van der Waals surface area contributed by atoms with Crippen molar-refractivity contribution in [2.75, 3.05) is 0 Å². The standard InChI is InChI=1S/C9H15ClO2/c10-8(6-9(11)12)7-4-2-1-3-5-7/h7-8H,1-6H2,(H,11,12). The summed E-state index contributed by atoms with van der Waals surface area (Å²) >= 11 is 5.97. The number of aliphatic carboxylic acids is 1. The zero-order valence-corrected chi connectivity index (χ0v) is 7.89. The number of hydrogen-bond acceptors (Lipinski definition) is 1. The van der Waals surface area contributed by atoms with Gasteiger partial charge < -0.3 is 5.11 Å². The first kappa shape index (κ1) is 9.85. The molecule has 1 aliphatic rings. The normalized spacial score (nSPS) is 22.1. The predicted octanol–water partition coefficient (Wildman–Crippen LogP) is 2.65. The van der Waals surface area contributed by atoms with E-state index in [4.69, 9.17) is 16.7 Å². The molecular weight excluding hydrogens is 176 g/mol. The van der Waals surface area contributed by atoms with Gasteiger partial charge in [-0.05, 0) is 18.8 Å². The Labute approximate surface area is 77.9 Å². The topological polar surface area (TPSA) is 37.3 Å².